The van der Waals surface area contributed by atoms with Crippen molar-refractivity contribution in [3.63, 3.8) is 0 Å². The summed E-state index contributed by atoms with van der Waals surface area (Å²) in [6, 6.07) is 15.2. The summed E-state index contributed by atoms with van der Waals surface area (Å²) in [6.07, 6.45) is 12.9. The zero-order chi connectivity index (χ0) is 25.5. The Morgan fingerprint density at radius 3 is 2.33 bits per heavy atom. The quantitative estimate of drug-likeness (QED) is 0.191. The van der Waals surface area contributed by atoms with Gasteiger partial charge in [-0.3, -0.25) is 0 Å². The molecule has 4 aromatic rings. The van der Waals surface area contributed by atoms with Gasteiger partial charge in [0.05, 0.1) is 18.1 Å². The minimum Gasteiger partial charge on any atom is -0.323 e. The molecule has 0 aliphatic rings. The molecule has 190 valence electrons. The monoisotopic (exact) mass is 502 g/mol. The Balaban J connectivity index is 1.76. The van der Waals surface area contributed by atoms with Crippen LogP contribution in [0.25, 0.3) is 39.6 Å². The van der Waals surface area contributed by atoms with Crippen LogP contribution in [0.15, 0.2) is 60.4 Å². The number of benzene rings is 2. The molecular weight excluding hydrogens is 464 g/mol. The van der Waals surface area contributed by atoms with Crippen molar-refractivity contribution in [1.82, 2.24) is 19.1 Å². The second kappa shape index (κ2) is 11.9. The highest BCUT2D eigenvalue weighted by Gasteiger charge is 2.20. The van der Waals surface area contributed by atoms with Crippen molar-refractivity contribution in [3.05, 3.63) is 66.2 Å². The summed E-state index contributed by atoms with van der Waals surface area (Å²) in [5.41, 5.74) is 5.24. The molecule has 2 aromatic carbocycles. The number of hydrogen-bond acceptors (Lipinski definition) is 2. The van der Waals surface area contributed by atoms with Crippen LogP contribution in [0.5, 0.6) is 0 Å². The van der Waals surface area contributed by atoms with Crippen LogP contribution >= 0.6 is 11.6 Å². The maximum absolute atomic E-state index is 5.97. The predicted octanol–water partition coefficient (Wildman–Crippen LogP) is 9.18. The van der Waals surface area contributed by atoms with E-state index < -0.39 is 0 Å². The van der Waals surface area contributed by atoms with E-state index in [1.165, 1.54) is 35.6 Å². The van der Waals surface area contributed by atoms with Gasteiger partial charge in [0.15, 0.2) is 5.82 Å². The molecule has 4 rings (SSSR count). The molecule has 2 aromatic heterocycles. The molecule has 0 atom stereocenters. The van der Waals surface area contributed by atoms with E-state index in [2.05, 4.69) is 79.3 Å². The lowest BCUT2D eigenvalue weighted by Gasteiger charge is -2.20. The van der Waals surface area contributed by atoms with Crippen molar-refractivity contribution in [2.75, 3.05) is 0 Å². The van der Waals surface area contributed by atoms with Gasteiger partial charge in [-0.1, -0.05) is 95.0 Å². The molecular formula is C31H39ClN4. The van der Waals surface area contributed by atoms with Crippen LogP contribution in [-0.4, -0.2) is 19.1 Å². The standard InChI is InChI=1S/C31H39ClN4/c1-5-6-7-10-19-35-28(23-33-29(35)16-18-32)30-34-22-27(36(30)20-11-17-31(2,3)4)26-15-14-24-12-8-9-13-25(24)21-26/h8-9,12-16,18,21-23H,5-7,10-11,17,19-20H2,1-4H3/b18-16-. The van der Waals surface area contributed by atoms with Gasteiger partial charge >= 0.3 is 0 Å². The predicted molar refractivity (Wildman–Crippen MR) is 154 cm³/mol. The number of hydrogen-bond donors (Lipinski definition) is 0. The Labute approximate surface area is 221 Å². The Morgan fingerprint density at radius 1 is 0.833 bits per heavy atom. The minimum absolute atomic E-state index is 0.295. The Morgan fingerprint density at radius 2 is 1.58 bits per heavy atom. The first-order valence-corrected chi connectivity index (χ1v) is 13.7. The highest BCUT2D eigenvalue weighted by Crippen LogP contribution is 2.31. The number of rotatable bonds is 11. The number of fused-ring (bicyclic) bond motifs is 1. The van der Waals surface area contributed by atoms with Crippen LogP contribution in [0, 0.1) is 5.41 Å². The van der Waals surface area contributed by atoms with Crippen molar-refractivity contribution in [2.45, 2.75) is 79.3 Å². The van der Waals surface area contributed by atoms with Crippen molar-refractivity contribution < 1.29 is 0 Å². The zero-order valence-electron chi connectivity index (χ0n) is 22.2. The van der Waals surface area contributed by atoms with Gasteiger partial charge in [-0.25, -0.2) is 9.97 Å². The average molecular weight is 503 g/mol. The zero-order valence-corrected chi connectivity index (χ0v) is 22.9. The fourth-order valence-electron chi connectivity index (χ4n) is 4.84. The normalized spacial score (nSPS) is 12.2. The summed E-state index contributed by atoms with van der Waals surface area (Å²) in [6.45, 7) is 11.0. The molecule has 2 heterocycles. The molecule has 0 aliphatic heterocycles. The van der Waals surface area contributed by atoms with Crippen LogP contribution in [0.3, 0.4) is 0 Å². The van der Waals surface area contributed by atoms with Gasteiger partial charge in [-0.05, 0) is 47.6 Å². The SMILES string of the molecule is CCCCCCn1c(-c2ncc(-c3ccc4ccccc4c3)n2CCCC(C)(C)C)cnc1/C=C\Cl. The molecule has 0 saturated heterocycles. The smallest absolute Gasteiger partial charge is 0.158 e. The molecule has 5 heteroatoms. The molecule has 0 spiro atoms. The number of halogens is 1. The Hall–Kier alpha value is -2.85. The van der Waals surface area contributed by atoms with Gasteiger partial charge in [0.1, 0.15) is 11.5 Å². The molecule has 0 aliphatic carbocycles. The van der Waals surface area contributed by atoms with Gasteiger partial charge in [0.25, 0.3) is 0 Å². The van der Waals surface area contributed by atoms with Gasteiger partial charge in [-0.15, -0.1) is 0 Å². The second-order valence-corrected chi connectivity index (χ2v) is 11.1. The lowest BCUT2D eigenvalue weighted by atomic mass is 9.90. The maximum atomic E-state index is 5.97. The number of aromatic nitrogens is 4. The van der Waals surface area contributed by atoms with E-state index in [0.717, 1.165) is 55.4 Å². The molecule has 0 bridgehead atoms. The highest BCUT2D eigenvalue weighted by atomic mass is 35.5. The van der Waals surface area contributed by atoms with E-state index in [1.54, 1.807) is 5.54 Å². The summed E-state index contributed by atoms with van der Waals surface area (Å²) in [5.74, 6) is 1.86. The first-order valence-electron chi connectivity index (χ1n) is 13.3. The first kappa shape index (κ1) is 26.2. The third kappa shape index (κ3) is 6.28. The van der Waals surface area contributed by atoms with Gasteiger partial charge in [0, 0.05) is 24.2 Å². The lowest BCUT2D eigenvalue weighted by Crippen LogP contribution is -2.11. The maximum Gasteiger partial charge on any atom is 0.158 e. The third-order valence-electron chi connectivity index (χ3n) is 6.77. The van der Waals surface area contributed by atoms with Gasteiger partial charge in [-0.2, -0.15) is 0 Å². The van der Waals surface area contributed by atoms with Crippen molar-refractivity contribution in [2.24, 2.45) is 5.41 Å². The molecule has 4 nitrogen and oxygen atoms in total. The fourth-order valence-corrected chi connectivity index (χ4v) is 4.96. The summed E-state index contributed by atoms with van der Waals surface area (Å²) >= 11 is 5.97. The summed E-state index contributed by atoms with van der Waals surface area (Å²) in [7, 11) is 0. The summed E-state index contributed by atoms with van der Waals surface area (Å²) in [4.78, 5) is 9.68. The molecule has 0 saturated carbocycles. The molecule has 0 unspecified atom stereocenters. The minimum atomic E-state index is 0.295. The Kier molecular flexibility index (Phi) is 8.68. The molecule has 36 heavy (non-hydrogen) atoms. The number of imidazole rings is 2. The fraction of sp³-hybridized carbons (Fsp3) is 0.419. The van der Waals surface area contributed by atoms with Crippen LogP contribution < -0.4 is 0 Å². The van der Waals surface area contributed by atoms with E-state index >= 15 is 0 Å². The first-order chi connectivity index (χ1) is 17.4. The van der Waals surface area contributed by atoms with Gasteiger partial charge in [0.2, 0.25) is 0 Å². The van der Waals surface area contributed by atoms with Crippen LogP contribution in [0.2, 0.25) is 0 Å². The number of unbranched alkanes of at least 4 members (excludes halogenated alkanes) is 3. The number of nitrogens with zero attached hydrogens (tertiary/aromatic N) is 4. The molecule has 0 radical (unpaired) electrons. The lowest BCUT2D eigenvalue weighted by molar-refractivity contribution is 0.354. The van der Waals surface area contributed by atoms with E-state index in [0.29, 0.717) is 5.41 Å². The van der Waals surface area contributed by atoms with E-state index in [1.807, 2.05) is 18.5 Å². The van der Waals surface area contributed by atoms with Crippen molar-refractivity contribution >= 4 is 28.4 Å². The highest BCUT2D eigenvalue weighted by molar-refractivity contribution is 6.27. The third-order valence-corrected chi connectivity index (χ3v) is 6.90. The van der Waals surface area contributed by atoms with Gasteiger partial charge < -0.3 is 9.13 Å². The van der Waals surface area contributed by atoms with E-state index in [9.17, 15) is 0 Å². The van der Waals surface area contributed by atoms with E-state index in [-0.39, 0.29) is 0 Å². The summed E-state index contributed by atoms with van der Waals surface area (Å²) < 4.78 is 4.67. The van der Waals surface area contributed by atoms with Crippen LogP contribution in [-0.2, 0) is 13.1 Å². The second-order valence-electron chi connectivity index (χ2n) is 10.9. The Bertz CT molecular complexity index is 1310. The molecule has 0 N–H and O–H groups in total. The van der Waals surface area contributed by atoms with Crippen LogP contribution in [0.1, 0.15) is 72.0 Å². The van der Waals surface area contributed by atoms with Crippen LogP contribution in [0.4, 0.5) is 0 Å². The van der Waals surface area contributed by atoms with E-state index in [4.69, 9.17) is 21.6 Å². The molecule has 0 amide bonds. The van der Waals surface area contributed by atoms with Crippen molar-refractivity contribution in [1.29, 1.82) is 0 Å². The summed E-state index contributed by atoms with van der Waals surface area (Å²) in [5, 5.41) is 2.50. The topological polar surface area (TPSA) is 35.6 Å². The largest absolute Gasteiger partial charge is 0.323 e. The molecule has 0 fully saturated rings. The average Bonchev–Trinajstić information content (AvgIpc) is 3.45. The van der Waals surface area contributed by atoms with Crippen molar-refractivity contribution in [3.8, 4) is 22.8 Å².